The molecule has 0 aliphatic rings. The molecule has 2 rings (SSSR count). The highest BCUT2D eigenvalue weighted by Gasteiger charge is 2.16. The molecule has 0 bridgehead atoms. The van der Waals surface area contributed by atoms with E-state index in [1.165, 1.54) is 16.5 Å². The van der Waals surface area contributed by atoms with Crippen molar-refractivity contribution in [2.45, 2.75) is 39.0 Å². The number of nitrogens with zero attached hydrogens (tertiary/aromatic N) is 1. The highest BCUT2D eigenvalue weighted by Crippen LogP contribution is 2.29. The first kappa shape index (κ1) is 12.7. The van der Waals surface area contributed by atoms with Gasteiger partial charge in [0, 0.05) is 24.2 Å². The van der Waals surface area contributed by atoms with Gasteiger partial charge in [-0.05, 0) is 34.4 Å². The average molecular weight is 241 g/mol. The first-order chi connectivity index (χ1) is 8.52. The Hall–Kier alpha value is -1.70. The fourth-order valence-electron chi connectivity index (χ4n) is 2.20. The lowest BCUT2D eigenvalue weighted by molar-refractivity contribution is -0.107. The molecule has 1 aromatic heterocycles. The zero-order valence-corrected chi connectivity index (χ0v) is 11.2. The van der Waals surface area contributed by atoms with Gasteiger partial charge in [0.05, 0.1) is 0 Å². The number of carbonyl (C=O) groups is 1. The molecule has 0 aliphatic carbocycles. The Morgan fingerprint density at radius 2 is 2.00 bits per heavy atom. The summed E-state index contributed by atoms with van der Waals surface area (Å²) in [6.45, 7) is 6.59. The molecular formula is C16H19NO. The van der Waals surface area contributed by atoms with Crippen LogP contribution in [0.15, 0.2) is 30.6 Å². The second-order valence-electron chi connectivity index (χ2n) is 5.70. The molecule has 0 unspecified atom stereocenters. The van der Waals surface area contributed by atoms with Crippen LogP contribution in [0.25, 0.3) is 10.8 Å². The van der Waals surface area contributed by atoms with Gasteiger partial charge in [0.15, 0.2) is 0 Å². The van der Waals surface area contributed by atoms with Gasteiger partial charge >= 0.3 is 0 Å². The number of aromatic nitrogens is 1. The average Bonchev–Trinajstić information content (AvgIpc) is 2.34. The number of rotatable bonds is 3. The smallest absolute Gasteiger partial charge is 0.120 e. The summed E-state index contributed by atoms with van der Waals surface area (Å²) in [6.07, 6.45) is 6.20. The van der Waals surface area contributed by atoms with Crippen molar-refractivity contribution in [1.29, 1.82) is 0 Å². The molecule has 0 radical (unpaired) electrons. The van der Waals surface area contributed by atoms with Gasteiger partial charge in [-0.15, -0.1) is 0 Å². The van der Waals surface area contributed by atoms with E-state index in [1.54, 1.807) is 0 Å². The second kappa shape index (κ2) is 4.89. The third kappa shape index (κ3) is 2.58. The number of aryl methyl sites for hydroxylation is 1. The van der Waals surface area contributed by atoms with Gasteiger partial charge in [-0.1, -0.05) is 32.9 Å². The van der Waals surface area contributed by atoms with E-state index in [2.05, 4.69) is 44.0 Å². The predicted octanol–water partition coefficient (Wildman–Crippen LogP) is 3.66. The molecule has 0 spiro atoms. The number of carbonyl (C=O) groups excluding carboxylic acids is 1. The summed E-state index contributed by atoms with van der Waals surface area (Å²) in [5, 5.41) is 2.41. The fraction of sp³-hybridized carbons (Fsp3) is 0.375. The molecule has 0 fully saturated rings. The van der Waals surface area contributed by atoms with Gasteiger partial charge in [0.25, 0.3) is 0 Å². The van der Waals surface area contributed by atoms with E-state index in [0.717, 1.165) is 18.1 Å². The zero-order chi connectivity index (χ0) is 13.2. The van der Waals surface area contributed by atoms with E-state index < -0.39 is 0 Å². The largest absolute Gasteiger partial charge is 0.303 e. The molecule has 0 aliphatic heterocycles. The van der Waals surface area contributed by atoms with Crippen molar-refractivity contribution >= 4 is 17.1 Å². The molecule has 1 heterocycles. The Kier molecular flexibility index (Phi) is 3.46. The van der Waals surface area contributed by atoms with Crippen LogP contribution in [0.3, 0.4) is 0 Å². The number of benzene rings is 1. The van der Waals surface area contributed by atoms with Crippen LogP contribution in [-0.2, 0) is 16.6 Å². The Labute approximate surface area is 108 Å². The maximum atomic E-state index is 10.4. The minimum atomic E-state index is 0.0941. The summed E-state index contributed by atoms with van der Waals surface area (Å²) in [5.74, 6) is 0. The van der Waals surface area contributed by atoms with Crippen LogP contribution in [0.1, 0.15) is 38.3 Å². The monoisotopic (exact) mass is 241 g/mol. The predicted molar refractivity (Wildman–Crippen MR) is 74.8 cm³/mol. The minimum absolute atomic E-state index is 0.0941. The van der Waals surface area contributed by atoms with Gasteiger partial charge in [-0.3, -0.25) is 4.98 Å². The Morgan fingerprint density at radius 3 is 2.67 bits per heavy atom. The molecule has 1 aromatic carbocycles. The third-order valence-electron chi connectivity index (χ3n) is 3.18. The molecule has 0 amide bonds. The third-order valence-corrected chi connectivity index (χ3v) is 3.18. The molecule has 18 heavy (non-hydrogen) atoms. The van der Waals surface area contributed by atoms with Crippen LogP contribution in [0.4, 0.5) is 0 Å². The van der Waals surface area contributed by atoms with Gasteiger partial charge in [0.2, 0.25) is 0 Å². The van der Waals surface area contributed by atoms with Gasteiger partial charge in [0.1, 0.15) is 6.29 Å². The van der Waals surface area contributed by atoms with Gasteiger partial charge in [-0.2, -0.15) is 0 Å². The molecule has 94 valence electrons. The highest BCUT2D eigenvalue weighted by atomic mass is 16.1. The lowest BCUT2D eigenvalue weighted by Crippen LogP contribution is -2.12. The van der Waals surface area contributed by atoms with Crippen LogP contribution in [-0.4, -0.2) is 11.3 Å². The van der Waals surface area contributed by atoms with Crippen molar-refractivity contribution in [1.82, 2.24) is 4.98 Å². The first-order valence-corrected chi connectivity index (χ1v) is 6.33. The Morgan fingerprint density at radius 1 is 1.22 bits per heavy atom. The molecule has 2 aromatic rings. The van der Waals surface area contributed by atoms with Crippen molar-refractivity contribution in [2.24, 2.45) is 0 Å². The molecule has 0 N–H and O–H groups in total. The number of pyridine rings is 1. The first-order valence-electron chi connectivity index (χ1n) is 6.33. The number of aldehydes is 1. The summed E-state index contributed by atoms with van der Waals surface area (Å²) in [5.41, 5.74) is 2.56. The maximum Gasteiger partial charge on any atom is 0.120 e. The summed E-state index contributed by atoms with van der Waals surface area (Å²) in [6, 6.07) is 6.40. The molecule has 2 nitrogen and oxygen atoms in total. The van der Waals surface area contributed by atoms with Crippen molar-refractivity contribution < 1.29 is 4.79 Å². The standard InChI is InChI=1S/C16H19NO/c1-16(2,3)15-11-17-10-13-9-12(5-4-8-18)6-7-14(13)15/h6-11H,4-5H2,1-3H3. The Bertz CT molecular complexity index is 567. The molecule has 0 atom stereocenters. The van der Waals surface area contributed by atoms with Crippen molar-refractivity contribution in [3.63, 3.8) is 0 Å². The second-order valence-corrected chi connectivity index (χ2v) is 5.70. The molecule has 0 saturated carbocycles. The van der Waals surface area contributed by atoms with Gasteiger partial charge < -0.3 is 4.79 Å². The van der Waals surface area contributed by atoms with E-state index >= 15 is 0 Å². The Balaban J connectivity index is 2.50. The summed E-state index contributed by atoms with van der Waals surface area (Å²) in [7, 11) is 0. The van der Waals surface area contributed by atoms with E-state index in [9.17, 15) is 4.79 Å². The lowest BCUT2D eigenvalue weighted by atomic mass is 9.85. The van der Waals surface area contributed by atoms with Gasteiger partial charge in [-0.25, -0.2) is 0 Å². The summed E-state index contributed by atoms with van der Waals surface area (Å²) in [4.78, 5) is 14.7. The summed E-state index contributed by atoms with van der Waals surface area (Å²) < 4.78 is 0. The fourth-order valence-corrected chi connectivity index (χ4v) is 2.20. The SMILES string of the molecule is CC(C)(C)c1cncc2cc(CCC=O)ccc12. The molecule has 2 heteroatoms. The maximum absolute atomic E-state index is 10.4. The van der Waals surface area contributed by atoms with E-state index in [-0.39, 0.29) is 5.41 Å². The normalized spacial score (nSPS) is 11.7. The van der Waals surface area contributed by atoms with Crippen molar-refractivity contribution in [2.75, 3.05) is 0 Å². The summed E-state index contributed by atoms with van der Waals surface area (Å²) >= 11 is 0. The van der Waals surface area contributed by atoms with E-state index in [1.807, 2.05) is 12.4 Å². The number of hydrogen-bond donors (Lipinski definition) is 0. The van der Waals surface area contributed by atoms with Crippen LogP contribution < -0.4 is 0 Å². The lowest BCUT2D eigenvalue weighted by Gasteiger charge is -2.20. The molecule has 0 saturated heterocycles. The van der Waals surface area contributed by atoms with Crippen LogP contribution in [0, 0.1) is 0 Å². The van der Waals surface area contributed by atoms with Crippen molar-refractivity contribution in [3.8, 4) is 0 Å². The molecular weight excluding hydrogens is 222 g/mol. The highest BCUT2D eigenvalue weighted by molar-refractivity contribution is 5.86. The zero-order valence-electron chi connectivity index (χ0n) is 11.2. The quantitative estimate of drug-likeness (QED) is 0.767. The van der Waals surface area contributed by atoms with Crippen LogP contribution in [0.5, 0.6) is 0 Å². The van der Waals surface area contributed by atoms with Crippen LogP contribution >= 0.6 is 0 Å². The number of fused-ring (bicyclic) bond motifs is 1. The van der Waals surface area contributed by atoms with Crippen LogP contribution in [0.2, 0.25) is 0 Å². The van der Waals surface area contributed by atoms with Crippen molar-refractivity contribution in [3.05, 3.63) is 41.7 Å². The number of hydrogen-bond acceptors (Lipinski definition) is 2. The van der Waals surface area contributed by atoms with E-state index in [4.69, 9.17) is 0 Å². The minimum Gasteiger partial charge on any atom is -0.303 e. The van der Waals surface area contributed by atoms with E-state index in [0.29, 0.717) is 6.42 Å². The topological polar surface area (TPSA) is 30.0 Å².